The molecule has 3 rings (SSSR count). The second kappa shape index (κ2) is 5.06. The number of likely N-dealkylation sites (tertiary alicyclic amines) is 1. The van der Waals surface area contributed by atoms with Gasteiger partial charge in [-0.2, -0.15) is 0 Å². The average molecular weight is 267 g/mol. The maximum atomic E-state index is 12.4. The molecule has 4 nitrogen and oxygen atoms in total. The van der Waals surface area contributed by atoms with Crippen LogP contribution in [0.2, 0.25) is 0 Å². The summed E-state index contributed by atoms with van der Waals surface area (Å²) in [6.07, 6.45) is 8.64. The molecule has 1 heterocycles. The Balaban J connectivity index is 1.54. The number of carbonyl (C=O) groups excluding carboxylic acids is 1. The van der Waals surface area contributed by atoms with E-state index in [-0.39, 0.29) is 18.4 Å². The zero-order valence-corrected chi connectivity index (χ0v) is 11.6. The van der Waals surface area contributed by atoms with E-state index in [1.54, 1.807) is 4.90 Å². The first-order valence-corrected chi connectivity index (χ1v) is 7.73. The molecule has 2 aliphatic carbocycles. The minimum atomic E-state index is -1.03. The fourth-order valence-electron chi connectivity index (χ4n) is 4.28. The van der Waals surface area contributed by atoms with E-state index in [0.29, 0.717) is 13.1 Å². The van der Waals surface area contributed by atoms with Crippen molar-refractivity contribution in [2.45, 2.75) is 50.5 Å². The summed E-state index contributed by atoms with van der Waals surface area (Å²) in [7, 11) is 0. The van der Waals surface area contributed by atoms with Gasteiger partial charge in [-0.15, -0.1) is 0 Å². The molecule has 3 atom stereocenters. The fourth-order valence-corrected chi connectivity index (χ4v) is 4.28. The highest BCUT2D eigenvalue weighted by Gasteiger charge is 2.46. The van der Waals surface area contributed by atoms with E-state index in [4.69, 9.17) is 5.11 Å². The van der Waals surface area contributed by atoms with Crippen LogP contribution in [-0.2, 0) is 4.79 Å². The van der Waals surface area contributed by atoms with Crippen LogP contribution in [0.3, 0.4) is 0 Å². The Morgan fingerprint density at radius 2 is 1.79 bits per heavy atom. The van der Waals surface area contributed by atoms with Crippen LogP contribution in [0.25, 0.3) is 0 Å². The van der Waals surface area contributed by atoms with Gasteiger partial charge < -0.3 is 15.1 Å². The second-order valence-electron chi connectivity index (χ2n) is 6.89. The van der Waals surface area contributed by atoms with Crippen molar-refractivity contribution in [1.29, 1.82) is 0 Å². The van der Waals surface area contributed by atoms with Crippen molar-refractivity contribution in [3.8, 4) is 0 Å². The van der Waals surface area contributed by atoms with E-state index in [1.807, 2.05) is 0 Å². The highest BCUT2D eigenvalue weighted by Crippen LogP contribution is 2.43. The number of carbonyl (C=O) groups is 1. The van der Waals surface area contributed by atoms with Gasteiger partial charge in [0, 0.05) is 5.92 Å². The summed E-state index contributed by atoms with van der Waals surface area (Å²) >= 11 is 0. The number of fused-ring (bicyclic) bond motifs is 1. The number of aliphatic hydroxyl groups excluding tert-OH is 1. The molecule has 3 unspecified atom stereocenters. The third-order valence-electron chi connectivity index (χ3n) is 5.47. The van der Waals surface area contributed by atoms with Gasteiger partial charge in [0.2, 0.25) is 5.91 Å². The van der Waals surface area contributed by atoms with Crippen molar-refractivity contribution < 1.29 is 15.0 Å². The number of amides is 1. The first-order chi connectivity index (χ1) is 9.11. The molecule has 108 valence electrons. The Kier molecular flexibility index (Phi) is 3.56. The molecule has 0 aromatic carbocycles. The monoisotopic (exact) mass is 267 g/mol. The number of aliphatic hydroxyl groups is 2. The van der Waals surface area contributed by atoms with Crippen LogP contribution in [0.5, 0.6) is 0 Å². The molecule has 0 radical (unpaired) electrons. The average Bonchev–Trinajstić information content (AvgIpc) is 2.42. The molecule has 0 spiro atoms. The van der Waals surface area contributed by atoms with Crippen molar-refractivity contribution in [2.75, 3.05) is 19.7 Å². The van der Waals surface area contributed by atoms with Gasteiger partial charge in [-0.3, -0.25) is 4.79 Å². The lowest BCUT2D eigenvalue weighted by atomic mass is 9.67. The van der Waals surface area contributed by atoms with Gasteiger partial charge in [0.05, 0.1) is 19.7 Å². The predicted octanol–water partition coefficient (Wildman–Crippen LogP) is 1.16. The predicted molar refractivity (Wildman–Crippen MR) is 71.4 cm³/mol. The van der Waals surface area contributed by atoms with E-state index in [2.05, 4.69) is 0 Å². The highest BCUT2D eigenvalue weighted by molar-refractivity contribution is 5.80. The quantitative estimate of drug-likeness (QED) is 0.789. The van der Waals surface area contributed by atoms with Crippen LogP contribution in [0.1, 0.15) is 44.9 Å². The molecule has 2 saturated carbocycles. The Hall–Kier alpha value is -0.610. The van der Waals surface area contributed by atoms with Gasteiger partial charge in [-0.05, 0) is 31.1 Å². The standard InChI is InChI=1S/C15H25NO3/c17-10-15(19)8-16(9-15)14(18)13-6-5-11-3-1-2-4-12(11)7-13/h11-13,17,19H,1-10H2. The first-order valence-electron chi connectivity index (χ1n) is 7.73. The molecule has 1 amide bonds. The Morgan fingerprint density at radius 1 is 1.11 bits per heavy atom. The minimum absolute atomic E-state index is 0.169. The molecular formula is C15H25NO3. The molecule has 1 aliphatic heterocycles. The van der Waals surface area contributed by atoms with Crippen LogP contribution >= 0.6 is 0 Å². The van der Waals surface area contributed by atoms with Gasteiger partial charge >= 0.3 is 0 Å². The third kappa shape index (κ3) is 2.52. The second-order valence-corrected chi connectivity index (χ2v) is 6.89. The molecule has 3 fully saturated rings. The summed E-state index contributed by atoms with van der Waals surface area (Å²) in [6, 6.07) is 0. The van der Waals surface area contributed by atoms with Crippen molar-refractivity contribution in [2.24, 2.45) is 17.8 Å². The summed E-state index contributed by atoms with van der Waals surface area (Å²) in [4.78, 5) is 14.1. The molecule has 0 bridgehead atoms. The summed E-state index contributed by atoms with van der Waals surface area (Å²) < 4.78 is 0. The van der Waals surface area contributed by atoms with Crippen molar-refractivity contribution in [1.82, 2.24) is 4.90 Å². The summed E-state index contributed by atoms with van der Waals surface area (Å²) in [5.41, 5.74) is -1.03. The molecule has 4 heteroatoms. The van der Waals surface area contributed by atoms with Gasteiger partial charge in [-0.1, -0.05) is 25.7 Å². The molecular weight excluding hydrogens is 242 g/mol. The van der Waals surface area contributed by atoms with Crippen molar-refractivity contribution >= 4 is 5.91 Å². The van der Waals surface area contributed by atoms with E-state index in [9.17, 15) is 9.90 Å². The zero-order valence-electron chi connectivity index (χ0n) is 11.6. The number of rotatable bonds is 2. The van der Waals surface area contributed by atoms with Gasteiger partial charge in [0.1, 0.15) is 5.60 Å². The summed E-state index contributed by atoms with van der Waals surface area (Å²) in [5.74, 6) is 2.00. The van der Waals surface area contributed by atoms with E-state index >= 15 is 0 Å². The number of hydrogen-bond acceptors (Lipinski definition) is 3. The third-order valence-corrected chi connectivity index (χ3v) is 5.47. The number of β-amino-alcohol motifs (C(OH)–C–C–N with tert-alkyl or cyclic N) is 1. The Labute approximate surface area is 114 Å². The topological polar surface area (TPSA) is 60.8 Å². The molecule has 0 aromatic rings. The Bertz CT molecular complexity index is 351. The maximum Gasteiger partial charge on any atom is 0.225 e. The van der Waals surface area contributed by atoms with E-state index < -0.39 is 5.60 Å². The Morgan fingerprint density at radius 3 is 2.47 bits per heavy atom. The maximum absolute atomic E-state index is 12.4. The number of hydrogen-bond donors (Lipinski definition) is 2. The largest absolute Gasteiger partial charge is 0.393 e. The van der Waals surface area contributed by atoms with E-state index in [0.717, 1.165) is 24.7 Å². The minimum Gasteiger partial charge on any atom is -0.393 e. The van der Waals surface area contributed by atoms with E-state index in [1.165, 1.54) is 32.1 Å². The van der Waals surface area contributed by atoms with Crippen molar-refractivity contribution in [3.05, 3.63) is 0 Å². The van der Waals surface area contributed by atoms with Crippen LogP contribution in [-0.4, -0.2) is 46.3 Å². The van der Waals surface area contributed by atoms with Crippen LogP contribution in [0.4, 0.5) is 0 Å². The van der Waals surface area contributed by atoms with Gasteiger partial charge in [0.15, 0.2) is 0 Å². The normalized spacial score (nSPS) is 37.4. The van der Waals surface area contributed by atoms with Crippen LogP contribution < -0.4 is 0 Å². The zero-order chi connectivity index (χ0) is 13.5. The molecule has 3 aliphatic rings. The molecule has 19 heavy (non-hydrogen) atoms. The lowest BCUT2D eigenvalue weighted by Crippen LogP contribution is -2.66. The molecule has 2 N–H and O–H groups in total. The van der Waals surface area contributed by atoms with Crippen LogP contribution in [0.15, 0.2) is 0 Å². The first kappa shape index (κ1) is 13.4. The number of nitrogens with zero attached hydrogens (tertiary/aromatic N) is 1. The van der Waals surface area contributed by atoms with Gasteiger partial charge in [0.25, 0.3) is 0 Å². The summed E-state index contributed by atoms with van der Waals surface area (Å²) in [6.45, 7) is 0.381. The fraction of sp³-hybridized carbons (Fsp3) is 0.933. The van der Waals surface area contributed by atoms with Crippen LogP contribution in [0, 0.1) is 17.8 Å². The molecule has 1 saturated heterocycles. The van der Waals surface area contributed by atoms with Gasteiger partial charge in [-0.25, -0.2) is 0 Å². The SMILES string of the molecule is O=C(C1CCC2CCCCC2C1)N1CC(O)(CO)C1. The smallest absolute Gasteiger partial charge is 0.225 e. The highest BCUT2D eigenvalue weighted by atomic mass is 16.3. The lowest BCUT2D eigenvalue weighted by Gasteiger charge is -2.48. The van der Waals surface area contributed by atoms with Crippen molar-refractivity contribution in [3.63, 3.8) is 0 Å². The summed E-state index contributed by atoms with van der Waals surface area (Å²) in [5, 5.41) is 18.8. The lowest BCUT2D eigenvalue weighted by molar-refractivity contribution is -0.168. The molecule has 0 aromatic heterocycles.